The third-order valence-electron chi connectivity index (χ3n) is 5.10. The van der Waals surface area contributed by atoms with Crippen molar-refractivity contribution in [1.82, 2.24) is 9.97 Å². The number of carbonyl (C=O) groups excluding carboxylic acids is 2. The van der Waals surface area contributed by atoms with Crippen molar-refractivity contribution in [3.05, 3.63) is 75.8 Å². The highest BCUT2D eigenvalue weighted by atomic mass is 32.1. The summed E-state index contributed by atoms with van der Waals surface area (Å²) in [5.41, 5.74) is 5.72. The SMILES string of the molecule is CCOC(=O)c1sc(NC(=O)c2cc(-c3ccc(C)cc3C)nc3ccccc23)nc1C. The van der Waals surface area contributed by atoms with E-state index in [-0.39, 0.29) is 12.5 Å². The maximum absolute atomic E-state index is 13.3. The maximum atomic E-state index is 13.3. The average Bonchev–Trinajstić information content (AvgIpc) is 3.13. The largest absolute Gasteiger partial charge is 0.462 e. The highest BCUT2D eigenvalue weighted by Crippen LogP contribution is 2.29. The molecule has 0 spiro atoms. The lowest BCUT2D eigenvalue weighted by Gasteiger charge is -2.11. The number of esters is 1. The number of aryl methyl sites for hydroxylation is 3. The van der Waals surface area contributed by atoms with Crippen LogP contribution in [0.1, 0.15) is 43.8 Å². The van der Waals surface area contributed by atoms with E-state index in [1.165, 1.54) is 5.56 Å². The number of rotatable bonds is 5. The van der Waals surface area contributed by atoms with Gasteiger partial charge in [0.2, 0.25) is 0 Å². The molecule has 32 heavy (non-hydrogen) atoms. The van der Waals surface area contributed by atoms with Crippen LogP contribution in [0.15, 0.2) is 48.5 Å². The molecule has 2 heterocycles. The number of carbonyl (C=O) groups is 2. The van der Waals surface area contributed by atoms with Crippen molar-refractivity contribution in [3.8, 4) is 11.3 Å². The van der Waals surface area contributed by atoms with Gasteiger partial charge in [0.05, 0.1) is 29.1 Å². The second-order valence-electron chi connectivity index (χ2n) is 7.50. The van der Waals surface area contributed by atoms with E-state index >= 15 is 0 Å². The topological polar surface area (TPSA) is 81.2 Å². The summed E-state index contributed by atoms with van der Waals surface area (Å²) in [4.78, 5) is 34.9. The molecule has 0 bridgehead atoms. The summed E-state index contributed by atoms with van der Waals surface area (Å²) in [5, 5.41) is 3.94. The van der Waals surface area contributed by atoms with Crippen LogP contribution in [0.4, 0.5) is 5.13 Å². The van der Waals surface area contributed by atoms with Crippen molar-refractivity contribution in [2.24, 2.45) is 0 Å². The van der Waals surface area contributed by atoms with E-state index in [0.29, 0.717) is 21.3 Å². The summed E-state index contributed by atoms with van der Waals surface area (Å²) < 4.78 is 5.06. The zero-order valence-corrected chi connectivity index (χ0v) is 19.2. The Kier molecular flexibility index (Phi) is 6.01. The molecule has 0 aliphatic heterocycles. The Morgan fingerprint density at radius 2 is 1.81 bits per heavy atom. The molecule has 1 amide bonds. The van der Waals surface area contributed by atoms with E-state index in [0.717, 1.165) is 39.1 Å². The molecule has 162 valence electrons. The molecule has 0 unspecified atom stereocenters. The Morgan fingerprint density at radius 1 is 1.03 bits per heavy atom. The normalized spacial score (nSPS) is 10.9. The molecule has 0 saturated heterocycles. The highest BCUT2D eigenvalue weighted by Gasteiger charge is 2.20. The van der Waals surface area contributed by atoms with Crippen LogP contribution in [0.2, 0.25) is 0 Å². The Balaban J connectivity index is 1.74. The molecule has 0 atom stereocenters. The van der Waals surface area contributed by atoms with Gasteiger partial charge in [0.1, 0.15) is 4.88 Å². The molecule has 2 aromatic carbocycles. The number of nitrogens with one attached hydrogen (secondary N) is 1. The lowest BCUT2D eigenvalue weighted by Crippen LogP contribution is -2.13. The zero-order chi connectivity index (χ0) is 22.8. The number of hydrogen-bond donors (Lipinski definition) is 1. The van der Waals surface area contributed by atoms with Gasteiger partial charge in [-0.1, -0.05) is 53.3 Å². The number of fused-ring (bicyclic) bond motifs is 1. The Hall–Kier alpha value is -3.58. The van der Waals surface area contributed by atoms with Crippen molar-refractivity contribution >= 4 is 39.2 Å². The molecule has 4 aromatic rings. The lowest BCUT2D eigenvalue weighted by molar-refractivity contribution is 0.0531. The van der Waals surface area contributed by atoms with Crippen LogP contribution >= 0.6 is 11.3 Å². The van der Waals surface area contributed by atoms with Gasteiger partial charge in [-0.15, -0.1) is 0 Å². The van der Waals surface area contributed by atoms with E-state index in [4.69, 9.17) is 9.72 Å². The van der Waals surface area contributed by atoms with Gasteiger partial charge >= 0.3 is 5.97 Å². The predicted molar refractivity (Wildman–Crippen MR) is 127 cm³/mol. The summed E-state index contributed by atoms with van der Waals surface area (Å²) >= 11 is 1.11. The quantitative estimate of drug-likeness (QED) is 0.398. The van der Waals surface area contributed by atoms with Crippen LogP contribution < -0.4 is 5.32 Å². The number of amides is 1. The van der Waals surface area contributed by atoms with E-state index in [9.17, 15) is 9.59 Å². The van der Waals surface area contributed by atoms with E-state index in [2.05, 4.69) is 16.4 Å². The Morgan fingerprint density at radius 3 is 2.56 bits per heavy atom. The first-order chi connectivity index (χ1) is 15.4. The van der Waals surface area contributed by atoms with Gasteiger partial charge in [0, 0.05) is 10.9 Å². The van der Waals surface area contributed by atoms with Crippen LogP contribution in [0.25, 0.3) is 22.2 Å². The van der Waals surface area contributed by atoms with Gasteiger partial charge < -0.3 is 4.74 Å². The van der Waals surface area contributed by atoms with Crippen LogP contribution in [-0.4, -0.2) is 28.5 Å². The molecule has 7 heteroatoms. The fourth-order valence-corrected chi connectivity index (χ4v) is 4.46. The summed E-state index contributed by atoms with van der Waals surface area (Å²) in [6, 6.07) is 15.5. The standard InChI is InChI=1S/C25H23N3O3S/c1-5-31-24(30)22-16(4)26-25(32-22)28-23(29)19-13-21(17-11-10-14(2)12-15(17)3)27-20-9-7-6-8-18(19)20/h6-13H,5H2,1-4H3,(H,26,28,29). The Bertz CT molecular complexity index is 1340. The number of nitrogens with zero attached hydrogens (tertiary/aromatic N) is 2. The van der Waals surface area contributed by atoms with Crippen molar-refractivity contribution < 1.29 is 14.3 Å². The van der Waals surface area contributed by atoms with Crippen LogP contribution in [0.5, 0.6) is 0 Å². The van der Waals surface area contributed by atoms with E-state index in [1.807, 2.05) is 56.3 Å². The monoisotopic (exact) mass is 445 g/mol. The average molecular weight is 446 g/mol. The van der Waals surface area contributed by atoms with Crippen LogP contribution in [0.3, 0.4) is 0 Å². The molecule has 0 saturated carbocycles. The minimum absolute atomic E-state index is 0.280. The summed E-state index contributed by atoms with van der Waals surface area (Å²) in [6.45, 7) is 7.83. The number of anilines is 1. The van der Waals surface area contributed by atoms with Crippen molar-refractivity contribution in [3.63, 3.8) is 0 Å². The number of thiazole rings is 1. The molecular formula is C25H23N3O3S. The third kappa shape index (κ3) is 4.24. The third-order valence-corrected chi connectivity index (χ3v) is 6.15. The van der Waals surface area contributed by atoms with Crippen molar-refractivity contribution in [2.45, 2.75) is 27.7 Å². The van der Waals surface area contributed by atoms with Crippen LogP contribution in [0, 0.1) is 20.8 Å². The number of hydrogen-bond acceptors (Lipinski definition) is 6. The molecular weight excluding hydrogens is 422 g/mol. The minimum Gasteiger partial charge on any atom is -0.462 e. The predicted octanol–water partition coefficient (Wildman–Crippen LogP) is 5.71. The molecule has 2 aromatic heterocycles. The highest BCUT2D eigenvalue weighted by molar-refractivity contribution is 7.17. The summed E-state index contributed by atoms with van der Waals surface area (Å²) in [6.07, 6.45) is 0. The number of aromatic nitrogens is 2. The summed E-state index contributed by atoms with van der Waals surface area (Å²) in [7, 11) is 0. The molecule has 0 fully saturated rings. The second-order valence-corrected chi connectivity index (χ2v) is 8.50. The smallest absolute Gasteiger partial charge is 0.350 e. The number of para-hydroxylation sites is 1. The fourth-order valence-electron chi connectivity index (χ4n) is 3.60. The minimum atomic E-state index is -0.436. The first kappa shape index (κ1) is 21.6. The Labute approximate surface area is 190 Å². The van der Waals surface area contributed by atoms with E-state index in [1.54, 1.807) is 13.8 Å². The number of pyridine rings is 1. The second kappa shape index (κ2) is 8.88. The molecule has 6 nitrogen and oxygen atoms in total. The molecule has 0 aliphatic rings. The molecule has 0 radical (unpaired) electrons. The molecule has 4 rings (SSSR count). The molecule has 0 aliphatic carbocycles. The van der Waals surface area contributed by atoms with Gasteiger partial charge in [0.25, 0.3) is 5.91 Å². The first-order valence-corrected chi connectivity index (χ1v) is 11.1. The summed E-state index contributed by atoms with van der Waals surface area (Å²) in [5.74, 6) is -0.742. The number of ether oxygens (including phenoxy) is 1. The van der Waals surface area contributed by atoms with Gasteiger partial charge in [-0.05, 0) is 45.4 Å². The van der Waals surface area contributed by atoms with Crippen LogP contribution in [-0.2, 0) is 4.74 Å². The van der Waals surface area contributed by atoms with Gasteiger partial charge in [0.15, 0.2) is 5.13 Å². The van der Waals surface area contributed by atoms with Gasteiger partial charge in [-0.2, -0.15) is 0 Å². The van der Waals surface area contributed by atoms with E-state index < -0.39 is 5.97 Å². The maximum Gasteiger partial charge on any atom is 0.350 e. The number of benzene rings is 2. The van der Waals surface area contributed by atoms with Gasteiger partial charge in [-0.25, -0.2) is 14.8 Å². The molecule has 1 N–H and O–H groups in total. The first-order valence-electron chi connectivity index (χ1n) is 10.3. The van der Waals surface area contributed by atoms with Gasteiger partial charge in [-0.3, -0.25) is 10.1 Å². The zero-order valence-electron chi connectivity index (χ0n) is 18.4. The lowest BCUT2D eigenvalue weighted by atomic mass is 9.99. The van der Waals surface area contributed by atoms with Crippen molar-refractivity contribution in [2.75, 3.05) is 11.9 Å². The van der Waals surface area contributed by atoms with Crippen molar-refractivity contribution in [1.29, 1.82) is 0 Å². The fraction of sp³-hybridized carbons (Fsp3) is 0.200.